The summed E-state index contributed by atoms with van der Waals surface area (Å²) in [6.45, 7) is 4.21. The lowest BCUT2D eigenvalue weighted by atomic mass is 10.2. The summed E-state index contributed by atoms with van der Waals surface area (Å²) in [5.41, 5.74) is 4.21. The molecule has 0 unspecified atom stereocenters. The molecule has 0 bridgehead atoms. The van der Waals surface area contributed by atoms with Crippen LogP contribution in [0.1, 0.15) is 11.1 Å². The topological polar surface area (TPSA) is 54.7 Å². The summed E-state index contributed by atoms with van der Waals surface area (Å²) >= 11 is 0. The number of hydrogen-bond donors (Lipinski definition) is 1. The molecule has 0 fully saturated rings. The fourth-order valence-electron chi connectivity index (χ4n) is 1.39. The van der Waals surface area contributed by atoms with Crippen LogP contribution in [-0.2, 0) is 0 Å². The molecular weight excluding hydrogens is 202 g/mol. The van der Waals surface area contributed by atoms with Gasteiger partial charge in [-0.2, -0.15) is 5.10 Å². The molecule has 0 atom stereocenters. The molecule has 0 aliphatic heterocycles. The van der Waals surface area contributed by atoms with Gasteiger partial charge in [0.15, 0.2) is 0 Å². The van der Waals surface area contributed by atoms with Crippen molar-refractivity contribution in [1.29, 1.82) is 0 Å². The Balaban J connectivity index is 0.000000120. The van der Waals surface area contributed by atoms with E-state index in [-0.39, 0.29) is 0 Å². The molecule has 1 aromatic carbocycles. The molecule has 0 aliphatic rings. The zero-order chi connectivity index (χ0) is 11.4. The lowest BCUT2D eigenvalue weighted by molar-refractivity contribution is 0.456. The summed E-state index contributed by atoms with van der Waals surface area (Å²) in [6.07, 6.45) is 3.17. The minimum absolute atomic E-state index is 0.699. The highest BCUT2D eigenvalue weighted by molar-refractivity contribution is 5.69. The van der Waals surface area contributed by atoms with Crippen LogP contribution in [0.3, 0.4) is 0 Å². The van der Waals surface area contributed by atoms with Gasteiger partial charge in [-0.25, -0.2) is 0 Å². The number of fused-ring (bicyclic) bond motifs is 1. The highest BCUT2D eigenvalue weighted by Gasteiger charge is 1.95. The van der Waals surface area contributed by atoms with Gasteiger partial charge >= 0.3 is 0 Å². The standard InChI is InChI=1S/C8H10.C4H3N3O/c1-7-4-3-5-8(2)6-7;1-3-4(8-6-1)2-5-7-3/h3-6H,1-2H3;1-2H,(H,5,7). The fraction of sp³-hybridized carbons (Fsp3) is 0.167. The smallest absolute Gasteiger partial charge is 0.204 e. The van der Waals surface area contributed by atoms with Crippen LogP contribution < -0.4 is 0 Å². The van der Waals surface area contributed by atoms with E-state index in [0.717, 1.165) is 5.52 Å². The quantitative estimate of drug-likeness (QED) is 0.627. The summed E-state index contributed by atoms with van der Waals surface area (Å²) in [5, 5.41) is 9.91. The first-order valence-corrected chi connectivity index (χ1v) is 5.03. The lowest BCUT2D eigenvalue weighted by Crippen LogP contribution is -1.71. The molecule has 0 amide bonds. The van der Waals surface area contributed by atoms with E-state index < -0.39 is 0 Å². The maximum Gasteiger partial charge on any atom is 0.204 e. The van der Waals surface area contributed by atoms with Gasteiger partial charge in [0.2, 0.25) is 5.58 Å². The number of rotatable bonds is 0. The molecule has 1 N–H and O–H groups in total. The van der Waals surface area contributed by atoms with Gasteiger partial charge in [-0.3, -0.25) is 5.10 Å². The summed E-state index contributed by atoms with van der Waals surface area (Å²) in [6, 6.07) is 8.45. The Morgan fingerprint density at radius 1 is 1.12 bits per heavy atom. The number of H-pyrrole nitrogens is 1. The zero-order valence-corrected chi connectivity index (χ0v) is 9.27. The first-order chi connectivity index (χ1) is 7.75. The predicted octanol–water partition coefficient (Wildman–Crippen LogP) is 2.85. The predicted molar refractivity (Wildman–Crippen MR) is 62.1 cm³/mol. The van der Waals surface area contributed by atoms with Crippen LogP contribution in [0.5, 0.6) is 0 Å². The Labute approximate surface area is 93.3 Å². The van der Waals surface area contributed by atoms with E-state index in [9.17, 15) is 0 Å². The van der Waals surface area contributed by atoms with Gasteiger partial charge in [0.05, 0.1) is 12.4 Å². The molecule has 16 heavy (non-hydrogen) atoms. The number of hydrogen-bond acceptors (Lipinski definition) is 3. The van der Waals surface area contributed by atoms with Crippen LogP contribution in [0.4, 0.5) is 0 Å². The van der Waals surface area contributed by atoms with E-state index in [2.05, 4.69) is 53.5 Å². The molecule has 4 heteroatoms. The Kier molecular flexibility index (Phi) is 3.00. The molecule has 82 valence electrons. The van der Waals surface area contributed by atoms with Crippen molar-refractivity contribution in [3.63, 3.8) is 0 Å². The molecule has 0 saturated carbocycles. The average molecular weight is 215 g/mol. The van der Waals surface area contributed by atoms with E-state index in [1.165, 1.54) is 11.1 Å². The van der Waals surface area contributed by atoms with Crippen molar-refractivity contribution in [2.24, 2.45) is 0 Å². The number of aromatic nitrogens is 3. The molecule has 0 aliphatic carbocycles. The van der Waals surface area contributed by atoms with Gasteiger partial charge in [-0.1, -0.05) is 40.5 Å². The lowest BCUT2D eigenvalue weighted by Gasteiger charge is -1.90. The summed E-state index contributed by atoms with van der Waals surface area (Å²) in [4.78, 5) is 0. The minimum Gasteiger partial charge on any atom is -0.353 e. The SMILES string of the molecule is Cc1cccc(C)c1.c1noc2cn[nH]c12. The Morgan fingerprint density at radius 2 is 1.88 bits per heavy atom. The summed E-state index contributed by atoms with van der Waals surface area (Å²) in [5.74, 6) is 0. The number of benzene rings is 1. The van der Waals surface area contributed by atoms with Crippen molar-refractivity contribution >= 4 is 11.1 Å². The van der Waals surface area contributed by atoms with E-state index in [0.29, 0.717) is 5.58 Å². The van der Waals surface area contributed by atoms with Gasteiger partial charge in [0.25, 0.3) is 0 Å². The summed E-state index contributed by atoms with van der Waals surface area (Å²) < 4.78 is 4.71. The number of nitrogens with zero attached hydrogens (tertiary/aromatic N) is 2. The summed E-state index contributed by atoms with van der Waals surface area (Å²) in [7, 11) is 0. The third-order valence-corrected chi connectivity index (χ3v) is 2.14. The molecule has 2 aromatic heterocycles. The fourth-order valence-corrected chi connectivity index (χ4v) is 1.39. The van der Waals surface area contributed by atoms with Crippen molar-refractivity contribution in [2.75, 3.05) is 0 Å². The van der Waals surface area contributed by atoms with Crippen molar-refractivity contribution < 1.29 is 4.52 Å². The molecule has 4 nitrogen and oxygen atoms in total. The molecule has 3 rings (SSSR count). The molecule has 3 aromatic rings. The molecule has 2 heterocycles. The molecule has 0 radical (unpaired) electrons. The maximum atomic E-state index is 4.71. The van der Waals surface area contributed by atoms with Gasteiger partial charge in [0.1, 0.15) is 5.52 Å². The first kappa shape index (κ1) is 10.4. The second kappa shape index (κ2) is 4.61. The number of nitrogens with one attached hydrogen (secondary N) is 1. The van der Waals surface area contributed by atoms with Gasteiger partial charge in [-0.05, 0) is 13.8 Å². The Morgan fingerprint density at radius 3 is 2.44 bits per heavy atom. The van der Waals surface area contributed by atoms with Crippen LogP contribution in [-0.4, -0.2) is 15.4 Å². The zero-order valence-electron chi connectivity index (χ0n) is 9.27. The van der Waals surface area contributed by atoms with E-state index in [1.54, 1.807) is 12.4 Å². The molecule has 0 saturated heterocycles. The van der Waals surface area contributed by atoms with E-state index >= 15 is 0 Å². The van der Waals surface area contributed by atoms with Crippen LogP contribution in [0, 0.1) is 13.8 Å². The van der Waals surface area contributed by atoms with Gasteiger partial charge in [0, 0.05) is 0 Å². The Bertz CT molecular complexity index is 500. The van der Waals surface area contributed by atoms with Crippen LogP contribution in [0.2, 0.25) is 0 Å². The van der Waals surface area contributed by atoms with Crippen molar-refractivity contribution in [1.82, 2.24) is 15.4 Å². The number of aryl methyl sites for hydroxylation is 2. The van der Waals surface area contributed by atoms with E-state index in [4.69, 9.17) is 4.52 Å². The highest BCUT2D eigenvalue weighted by atomic mass is 16.5. The van der Waals surface area contributed by atoms with Crippen LogP contribution in [0.25, 0.3) is 11.1 Å². The largest absolute Gasteiger partial charge is 0.353 e. The van der Waals surface area contributed by atoms with Crippen LogP contribution >= 0.6 is 0 Å². The second-order valence-corrected chi connectivity index (χ2v) is 3.63. The minimum atomic E-state index is 0.699. The maximum absolute atomic E-state index is 4.71. The third-order valence-electron chi connectivity index (χ3n) is 2.14. The van der Waals surface area contributed by atoms with Crippen molar-refractivity contribution in [3.8, 4) is 0 Å². The number of aromatic amines is 1. The van der Waals surface area contributed by atoms with Crippen molar-refractivity contribution in [3.05, 3.63) is 47.8 Å². The normalized spacial score (nSPS) is 9.88. The molecular formula is C12H13N3O. The average Bonchev–Trinajstić information content (AvgIpc) is 2.78. The van der Waals surface area contributed by atoms with Crippen LogP contribution in [0.15, 0.2) is 41.2 Å². The Hall–Kier alpha value is -2.10. The first-order valence-electron chi connectivity index (χ1n) is 5.03. The highest BCUT2D eigenvalue weighted by Crippen LogP contribution is 2.05. The van der Waals surface area contributed by atoms with Crippen molar-refractivity contribution in [2.45, 2.75) is 13.8 Å². The second-order valence-electron chi connectivity index (χ2n) is 3.63. The van der Waals surface area contributed by atoms with E-state index in [1.807, 2.05) is 0 Å². The molecule has 0 spiro atoms. The monoisotopic (exact) mass is 215 g/mol. The third kappa shape index (κ3) is 2.48. The van der Waals surface area contributed by atoms with Gasteiger partial charge < -0.3 is 4.52 Å². The van der Waals surface area contributed by atoms with Gasteiger partial charge in [-0.15, -0.1) is 0 Å².